The first-order chi connectivity index (χ1) is 10.3. The molecule has 0 radical (unpaired) electrons. The van der Waals surface area contributed by atoms with Crippen molar-refractivity contribution in [3.8, 4) is 0 Å². The van der Waals surface area contributed by atoms with Crippen molar-refractivity contribution in [2.24, 2.45) is 0 Å². The zero-order valence-corrected chi connectivity index (χ0v) is 14.2. The Balaban J connectivity index is 2.36. The summed E-state index contributed by atoms with van der Waals surface area (Å²) in [5.74, 6) is -0.822. The Labute approximate surface area is 136 Å². The molecule has 1 aliphatic carbocycles. The van der Waals surface area contributed by atoms with Crippen molar-refractivity contribution in [3.05, 3.63) is 29.3 Å². The van der Waals surface area contributed by atoms with Gasteiger partial charge in [0.05, 0.1) is 4.90 Å². The zero-order valence-electron chi connectivity index (χ0n) is 12.6. The van der Waals surface area contributed by atoms with Crippen LogP contribution in [0.3, 0.4) is 0 Å². The van der Waals surface area contributed by atoms with E-state index in [-0.39, 0.29) is 12.3 Å². The van der Waals surface area contributed by atoms with Crippen molar-refractivity contribution in [1.29, 1.82) is 0 Å². The Hall–Kier alpha value is -1.07. The molecule has 1 aromatic carbocycles. The molecule has 0 spiro atoms. The summed E-state index contributed by atoms with van der Waals surface area (Å²) in [6, 6.07) is 5.24. The molecule has 1 aromatic rings. The molecule has 0 aromatic heterocycles. The van der Waals surface area contributed by atoms with E-state index in [0.29, 0.717) is 10.5 Å². The molecule has 1 atom stereocenters. The Morgan fingerprint density at radius 2 is 1.95 bits per heavy atom. The smallest absolute Gasteiger partial charge is 0.321 e. The molecule has 1 fully saturated rings. The summed E-state index contributed by atoms with van der Waals surface area (Å²) in [5, 5.41) is 7.83. The van der Waals surface area contributed by atoms with E-state index in [2.05, 4.69) is 0 Å². The molecule has 1 aliphatic rings. The fourth-order valence-electron chi connectivity index (χ4n) is 3.07. The minimum Gasteiger partial charge on any atom is -0.480 e. The first-order valence-corrected chi connectivity index (χ1v) is 9.81. The SMILES string of the molecule is CS(=O)(=O)c1cc(CC(Cl)C(=O)O)ccc1C1CCCCC1. The van der Waals surface area contributed by atoms with Crippen molar-refractivity contribution < 1.29 is 18.3 Å². The highest BCUT2D eigenvalue weighted by molar-refractivity contribution is 7.90. The average Bonchev–Trinajstić information content (AvgIpc) is 2.47. The van der Waals surface area contributed by atoms with E-state index >= 15 is 0 Å². The van der Waals surface area contributed by atoms with Gasteiger partial charge < -0.3 is 5.11 Å². The standard InChI is InChI=1S/C16H21ClO4S/c1-22(20,21)15-10-11(9-14(17)16(18)19)7-8-13(15)12-5-3-2-4-6-12/h7-8,10,12,14H,2-6,9H2,1H3,(H,18,19). The van der Waals surface area contributed by atoms with Crippen LogP contribution in [0.1, 0.15) is 49.1 Å². The summed E-state index contributed by atoms with van der Waals surface area (Å²) < 4.78 is 24.2. The molecule has 6 heteroatoms. The maximum atomic E-state index is 12.1. The number of alkyl halides is 1. The predicted molar refractivity (Wildman–Crippen MR) is 86.4 cm³/mol. The predicted octanol–water partition coefficient (Wildman–Crippen LogP) is 3.37. The van der Waals surface area contributed by atoms with Crippen LogP contribution in [0.4, 0.5) is 0 Å². The highest BCUT2D eigenvalue weighted by Gasteiger charge is 2.24. The normalized spacial score (nSPS) is 18.1. The number of hydrogen-bond donors (Lipinski definition) is 1. The Morgan fingerprint density at radius 1 is 1.32 bits per heavy atom. The number of carboxylic acid groups (broad SMARTS) is 1. The highest BCUT2D eigenvalue weighted by atomic mass is 35.5. The second-order valence-electron chi connectivity index (χ2n) is 5.99. The second-order valence-corrected chi connectivity index (χ2v) is 8.50. The van der Waals surface area contributed by atoms with Crippen LogP contribution in [0.15, 0.2) is 23.1 Å². The van der Waals surface area contributed by atoms with Gasteiger partial charge in [0.1, 0.15) is 5.38 Å². The number of benzene rings is 1. The topological polar surface area (TPSA) is 71.4 Å². The van der Waals surface area contributed by atoms with E-state index in [0.717, 1.165) is 31.2 Å². The van der Waals surface area contributed by atoms with Crippen LogP contribution in [0.2, 0.25) is 0 Å². The van der Waals surface area contributed by atoms with Gasteiger partial charge in [-0.3, -0.25) is 4.79 Å². The molecule has 1 saturated carbocycles. The maximum absolute atomic E-state index is 12.1. The van der Waals surface area contributed by atoms with E-state index < -0.39 is 21.2 Å². The van der Waals surface area contributed by atoms with E-state index in [1.807, 2.05) is 6.07 Å². The van der Waals surface area contributed by atoms with Gasteiger partial charge in [-0.25, -0.2) is 8.42 Å². The lowest BCUT2D eigenvalue weighted by atomic mass is 9.83. The van der Waals surface area contributed by atoms with Gasteiger partial charge in [0, 0.05) is 6.26 Å². The number of hydrogen-bond acceptors (Lipinski definition) is 3. The van der Waals surface area contributed by atoms with Gasteiger partial charge in [-0.1, -0.05) is 31.4 Å². The van der Waals surface area contributed by atoms with Crippen molar-refractivity contribution in [1.82, 2.24) is 0 Å². The zero-order chi connectivity index (χ0) is 16.3. The number of carbonyl (C=O) groups is 1. The molecule has 1 N–H and O–H groups in total. The fourth-order valence-corrected chi connectivity index (χ4v) is 4.28. The van der Waals surface area contributed by atoms with Gasteiger partial charge in [0.25, 0.3) is 0 Å². The average molecular weight is 345 g/mol. The van der Waals surface area contributed by atoms with E-state index in [1.54, 1.807) is 12.1 Å². The Bertz CT molecular complexity index is 648. The van der Waals surface area contributed by atoms with Crippen LogP contribution in [-0.4, -0.2) is 31.1 Å². The maximum Gasteiger partial charge on any atom is 0.321 e. The van der Waals surface area contributed by atoms with Crippen LogP contribution < -0.4 is 0 Å². The third kappa shape index (κ3) is 4.23. The summed E-state index contributed by atoms with van der Waals surface area (Å²) in [6.45, 7) is 0. The molecule has 0 amide bonds. The summed E-state index contributed by atoms with van der Waals surface area (Å²) in [4.78, 5) is 11.2. The fraction of sp³-hybridized carbons (Fsp3) is 0.562. The van der Waals surface area contributed by atoms with Gasteiger partial charge in [0.15, 0.2) is 9.84 Å². The molecule has 4 nitrogen and oxygen atoms in total. The van der Waals surface area contributed by atoms with E-state index in [9.17, 15) is 13.2 Å². The van der Waals surface area contributed by atoms with Crippen molar-refractivity contribution in [2.45, 2.75) is 54.7 Å². The lowest BCUT2D eigenvalue weighted by Gasteiger charge is -2.24. The monoisotopic (exact) mass is 344 g/mol. The van der Waals surface area contributed by atoms with Crippen LogP contribution in [0.25, 0.3) is 0 Å². The Morgan fingerprint density at radius 3 is 2.50 bits per heavy atom. The highest BCUT2D eigenvalue weighted by Crippen LogP contribution is 2.36. The molecule has 0 aliphatic heterocycles. The number of carboxylic acids is 1. The summed E-state index contributed by atoms with van der Waals surface area (Å²) >= 11 is 5.76. The van der Waals surface area contributed by atoms with Crippen molar-refractivity contribution in [2.75, 3.05) is 6.26 Å². The third-order valence-corrected chi connectivity index (χ3v) is 5.70. The van der Waals surface area contributed by atoms with Gasteiger partial charge >= 0.3 is 5.97 Å². The number of halogens is 1. The molecule has 122 valence electrons. The first-order valence-electron chi connectivity index (χ1n) is 7.49. The largest absolute Gasteiger partial charge is 0.480 e. The molecular formula is C16H21ClO4S. The summed E-state index contributed by atoms with van der Waals surface area (Å²) in [5.41, 5.74) is 1.51. The molecular weight excluding hydrogens is 324 g/mol. The lowest BCUT2D eigenvalue weighted by Crippen LogP contribution is -2.17. The molecule has 2 rings (SSSR count). The molecule has 0 heterocycles. The van der Waals surface area contributed by atoms with Crippen molar-refractivity contribution >= 4 is 27.4 Å². The summed E-state index contributed by atoms with van der Waals surface area (Å²) in [7, 11) is -3.35. The van der Waals surface area contributed by atoms with Crippen LogP contribution in [0.5, 0.6) is 0 Å². The first kappa shape index (κ1) is 17.3. The lowest BCUT2D eigenvalue weighted by molar-refractivity contribution is -0.136. The van der Waals surface area contributed by atoms with Crippen molar-refractivity contribution in [3.63, 3.8) is 0 Å². The van der Waals surface area contributed by atoms with E-state index in [1.165, 1.54) is 12.7 Å². The van der Waals surface area contributed by atoms with Crippen LogP contribution >= 0.6 is 11.6 Å². The minimum atomic E-state index is -3.35. The van der Waals surface area contributed by atoms with Gasteiger partial charge in [-0.15, -0.1) is 11.6 Å². The van der Waals surface area contributed by atoms with Gasteiger partial charge in [0.2, 0.25) is 0 Å². The quantitative estimate of drug-likeness (QED) is 0.831. The minimum absolute atomic E-state index is 0.115. The molecule has 0 saturated heterocycles. The van der Waals surface area contributed by atoms with Crippen LogP contribution in [0, 0.1) is 0 Å². The second kappa shape index (κ2) is 7.01. The molecule has 22 heavy (non-hydrogen) atoms. The summed E-state index contributed by atoms with van der Waals surface area (Å²) in [6.07, 6.45) is 6.79. The third-order valence-electron chi connectivity index (χ3n) is 4.21. The van der Waals surface area contributed by atoms with Gasteiger partial charge in [-0.05, 0) is 42.4 Å². The molecule has 0 bridgehead atoms. The molecule has 1 unspecified atom stereocenters. The van der Waals surface area contributed by atoms with Gasteiger partial charge in [-0.2, -0.15) is 0 Å². The van der Waals surface area contributed by atoms with Crippen LogP contribution in [-0.2, 0) is 21.1 Å². The number of sulfone groups is 1. The Kier molecular flexibility index (Phi) is 5.50. The van der Waals surface area contributed by atoms with E-state index in [4.69, 9.17) is 16.7 Å². The number of rotatable bonds is 5. The number of aliphatic carboxylic acids is 1.